The van der Waals surface area contributed by atoms with E-state index in [0.717, 1.165) is 32.8 Å². The van der Waals surface area contributed by atoms with Crippen molar-refractivity contribution in [3.05, 3.63) is 0 Å². The highest BCUT2D eigenvalue weighted by Crippen LogP contribution is 2.04. The minimum atomic E-state index is 0.592. The van der Waals surface area contributed by atoms with E-state index in [1.54, 1.807) is 0 Å². The zero-order valence-corrected chi connectivity index (χ0v) is 11.2. The number of rotatable bonds is 7. The topological polar surface area (TPSA) is 24.5 Å². The van der Waals surface area contributed by atoms with E-state index >= 15 is 0 Å². The first-order valence-electron chi connectivity index (χ1n) is 6.82. The molecule has 1 saturated heterocycles. The van der Waals surface area contributed by atoms with Crippen LogP contribution < -0.4 is 5.32 Å². The predicted octanol–water partition coefficient (Wildman–Crippen LogP) is 1.88. The van der Waals surface area contributed by atoms with Gasteiger partial charge in [0, 0.05) is 31.7 Å². The van der Waals surface area contributed by atoms with E-state index in [1.165, 1.54) is 19.3 Å². The van der Waals surface area contributed by atoms with Crippen LogP contribution in [0.1, 0.15) is 40.0 Å². The third-order valence-electron chi connectivity index (χ3n) is 3.29. The molecule has 1 heterocycles. The minimum absolute atomic E-state index is 0.592. The van der Waals surface area contributed by atoms with E-state index in [1.807, 2.05) is 0 Å². The lowest BCUT2D eigenvalue weighted by molar-refractivity contribution is 0.0337. The SMILES string of the molecule is CCCC(CC)NC(C)CN1CCOCC1. The molecule has 1 rings (SSSR count). The van der Waals surface area contributed by atoms with Crippen LogP contribution in [0.4, 0.5) is 0 Å². The van der Waals surface area contributed by atoms with Gasteiger partial charge >= 0.3 is 0 Å². The molecule has 0 radical (unpaired) electrons. The maximum Gasteiger partial charge on any atom is 0.0594 e. The highest BCUT2D eigenvalue weighted by atomic mass is 16.5. The van der Waals surface area contributed by atoms with Gasteiger partial charge in [0.05, 0.1) is 13.2 Å². The summed E-state index contributed by atoms with van der Waals surface area (Å²) in [6.45, 7) is 12.0. The van der Waals surface area contributed by atoms with Gasteiger partial charge in [0.25, 0.3) is 0 Å². The van der Waals surface area contributed by atoms with Crippen molar-refractivity contribution in [3.63, 3.8) is 0 Å². The number of ether oxygens (including phenoxy) is 1. The summed E-state index contributed by atoms with van der Waals surface area (Å²) >= 11 is 0. The fourth-order valence-electron chi connectivity index (χ4n) is 2.38. The molecule has 1 aliphatic rings. The van der Waals surface area contributed by atoms with Crippen molar-refractivity contribution >= 4 is 0 Å². The molecule has 3 heteroatoms. The third-order valence-corrected chi connectivity index (χ3v) is 3.29. The monoisotopic (exact) mass is 228 g/mol. The lowest BCUT2D eigenvalue weighted by Gasteiger charge is -2.31. The average molecular weight is 228 g/mol. The Hall–Kier alpha value is -0.120. The molecule has 1 N–H and O–H groups in total. The minimum Gasteiger partial charge on any atom is -0.379 e. The Morgan fingerprint density at radius 2 is 1.94 bits per heavy atom. The first-order chi connectivity index (χ1) is 7.76. The van der Waals surface area contributed by atoms with Crippen LogP contribution in [-0.2, 0) is 4.74 Å². The van der Waals surface area contributed by atoms with Crippen LogP contribution >= 0.6 is 0 Å². The molecule has 2 unspecified atom stereocenters. The Kier molecular flexibility index (Phi) is 7.01. The molecule has 0 bridgehead atoms. The van der Waals surface area contributed by atoms with Crippen LogP contribution in [0.15, 0.2) is 0 Å². The highest BCUT2D eigenvalue weighted by molar-refractivity contribution is 4.74. The molecule has 1 fully saturated rings. The highest BCUT2D eigenvalue weighted by Gasteiger charge is 2.15. The van der Waals surface area contributed by atoms with Gasteiger partial charge in [-0.2, -0.15) is 0 Å². The maximum atomic E-state index is 5.36. The van der Waals surface area contributed by atoms with Gasteiger partial charge in [0.1, 0.15) is 0 Å². The van der Waals surface area contributed by atoms with E-state index < -0.39 is 0 Å². The van der Waals surface area contributed by atoms with Gasteiger partial charge < -0.3 is 10.1 Å². The van der Waals surface area contributed by atoms with E-state index in [-0.39, 0.29) is 0 Å². The second kappa shape index (κ2) is 8.04. The van der Waals surface area contributed by atoms with Gasteiger partial charge in [-0.3, -0.25) is 4.90 Å². The molecule has 96 valence electrons. The Morgan fingerprint density at radius 3 is 2.50 bits per heavy atom. The van der Waals surface area contributed by atoms with Gasteiger partial charge in [0.2, 0.25) is 0 Å². The summed E-state index contributed by atoms with van der Waals surface area (Å²) in [7, 11) is 0. The molecule has 2 atom stereocenters. The van der Waals surface area contributed by atoms with E-state index in [4.69, 9.17) is 4.74 Å². The first kappa shape index (κ1) is 13.9. The average Bonchev–Trinajstić information content (AvgIpc) is 2.29. The zero-order valence-electron chi connectivity index (χ0n) is 11.2. The summed E-state index contributed by atoms with van der Waals surface area (Å²) in [5, 5.41) is 3.73. The van der Waals surface area contributed by atoms with Gasteiger partial charge in [-0.1, -0.05) is 20.3 Å². The zero-order chi connectivity index (χ0) is 11.8. The molecule has 0 aromatic heterocycles. The van der Waals surface area contributed by atoms with Crippen LogP contribution in [0.3, 0.4) is 0 Å². The molecule has 0 amide bonds. The van der Waals surface area contributed by atoms with Crippen molar-refractivity contribution in [2.75, 3.05) is 32.8 Å². The van der Waals surface area contributed by atoms with Crippen LogP contribution in [0.5, 0.6) is 0 Å². The van der Waals surface area contributed by atoms with Crippen LogP contribution in [0, 0.1) is 0 Å². The lowest BCUT2D eigenvalue weighted by Crippen LogP contribution is -2.47. The van der Waals surface area contributed by atoms with Crippen molar-refractivity contribution in [1.82, 2.24) is 10.2 Å². The fourth-order valence-corrected chi connectivity index (χ4v) is 2.38. The van der Waals surface area contributed by atoms with Crippen molar-refractivity contribution in [3.8, 4) is 0 Å². The lowest BCUT2D eigenvalue weighted by atomic mass is 10.1. The van der Waals surface area contributed by atoms with Gasteiger partial charge in [-0.05, 0) is 19.8 Å². The normalized spacial score (nSPS) is 21.9. The van der Waals surface area contributed by atoms with Gasteiger partial charge in [0.15, 0.2) is 0 Å². The number of hydrogen-bond acceptors (Lipinski definition) is 3. The number of nitrogens with one attached hydrogen (secondary N) is 1. The molecular weight excluding hydrogens is 200 g/mol. The summed E-state index contributed by atoms with van der Waals surface area (Å²) in [5.74, 6) is 0. The summed E-state index contributed by atoms with van der Waals surface area (Å²) in [4.78, 5) is 2.50. The quantitative estimate of drug-likeness (QED) is 0.720. The van der Waals surface area contributed by atoms with Gasteiger partial charge in [-0.15, -0.1) is 0 Å². The molecule has 0 saturated carbocycles. The molecule has 1 aliphatic heterocycles. The van der Waals surface area contributed by atoms with Crippen molar-refractivity contribution in [1.29, 1.82) is 0 Å². The maximum absolute atomic E-state index is 5.36. The standard InChI is InChI=1S/C13H28N2O/c1-4-6-13(5-2)14-12(3)11-15-7-9-16-10-8-15/h12-14H,4-11H2,1-3H3. The van der Waals surface area contributed by atoms with Crippen molar-refractivity contribution in [2.45, 2.75) is 52.1 Å². The Bertz CT molecular complexity index is 163. The van der Waals surface area contributed by atoms with Gasteiger partial charge in [-0.25, -0.2) is 0 Å². The van der Waals surface area contributed by atoms with Crippen LogP contribution in [-0.4, -0.2) is 49.8 Å². The molecule has 0 aliphatic carbocycles. The molecule has 0 aromatic carbocycles. The predicted molar refractivity (Wildman–Crippen MR) is 68.8 cm³/mol. The molecular formula is C13H28N2O. The smallest absolute Gasteiger partial charge is 0.0594 e. The van der Waals surface area contributed by atoms with E-state index in [9.17, 15) is 0 Å². The second-order valence-electron chi connectivity index (χ2n) is 4.87. The summed E-state index contributed by atoms with van der Waals surface area (Å²) in [6, 6.07) is 1.29. The van der Waals surface area contributed by atoms with E-state index in [0.29, 0.717) is 12.1 Å². The van der Waals surface area contributed by atoms with Crippen molar-refractivity contribution < 1.29 is 4.74 Å². The fraction of sp³-hybridized carbons (Fsp3) is 1.00. The number of hydrogen-bond donors (Lipinski definition) is 1. The Morgan fingerprint density at radius 1 is 1.25 bits per heavy atom. The summed E-state index contributed by atoms with van der Waals surface area (Å²) < 4.78 is 5.36. The van der Waals surface area contributed by atoms with E-state index in [2.05, 4.69) is 31.0 Å². The summed E-state index contributed by atoms with van der Waals surface area (Å²) in [5.41, 5.74) is 0. The summed E-state index contributed by atoms with van der Waals surface area (Å²) in [6.07, 6.45) is 3.81. The second-order valence-corrected chi connectivity index (χ2v) is 4.87. The number of nitrogens with zero attached hydrogens (tertiary/aromatic N) is 1. The van der Waals surface area contributed by atoms with Crippen LogP contribution in [0.25, 0.3) is 0 Å². The Labute approximate surface area is 101 Å². The molecule has 16 heavy (non-hydrogen) atoms. The Balaban J connectivity index is 2.19. The largest absolute Gasteiger partial charge is 0.379 e. The first-order valence-corrected chi connectivity index (χ1v) is 6.82. The van der Waals surface area contributed by atoms with Crippen molar-refractivity contribution in [2.24, 2.45) is 0 Å². The van der Waals surface area contributed by atoms with Crippen LogP contribution in [0.2, 0.25) is 0 Å². The number of morpholine rings is 1. The molecule has 0 aromatic rings. The third kappa shape index (κ3) is 5.28. The molecule has 3 nitrogen and oxygen atoms in total. The molecule has 0 spiro atoms.